The SMILES string of the molecule is CC(NC(=O)N1CCCC1)c1cn[nH]c1. The first-order valence-corrected chi connectivity index (χ1v) is 5.31. The van der Waals surface area contributed by atoms with Gasteiger partial charge in [0, 0.05) is 24.8 Å². The Kier molecular flexibility index (Phi) is 2.89. The molecule has 1 saturated heterocycles. The summed E-state index contributed by atoms with van der Waals surface area (Å²) in [7, 11) is 0. The van der Waals surface area contributed by atoms with Crippen molar-refractivity contribution >= 4 is 6.03 Å². The van der Waals surface area contributed by atoms with Crippen LogP contribution in [0.1, 0.15) is 31.4 Å². The molecule has 0 aliphatic carbocycles. The molecule has 1 fully saturated rings. The van der Waals surface area contributed by atoms with Crippen molar-refractivity contribution in [2.45, 2.75) is 25.8 Å². The largest absolute Gasteiger partial charge is 0.331 e. The van der Waals surface area contributed by atoms with Crippen LogP contribution in [0.25, 0.3) is 0 Å². The number of aromatic amines is 1. The van der Waals surface area contributed by atoms with E-state index in [1.807, 2.05) is 11.8 Å². The summed E-state index contributed by atoms with van der Waals surface area (Å²) < 4.78 is 0. The average molecular weight is 208 g/mol. The van der Waals surface area contributed by atoms with Gasteiger partial charge in [-0.2, -0.15) is 5.10 Å². The number of likely N-dealkylation sites (tertiary alicyclic amines) is 1. The van der Waals surface area contributed by atoms with E-state index in [1.165, 1.54) is 0 Å². The maximum atomic E-state index is 11.7. The molecule has 0 spiro atoms. The van der Waals surface area contributed by atoms with Crippen LogP contribution in [-0.4, -0.2) is 34.2 Å². The Hall–Kier alpha value is -1.52. The molecular weight excluding hydrogens is 192 g/mol. The van der Waals surface area contributed by atoms with E-state index in [0.717, 1.165) is 31.5 Å². The quantitative estimate of drug-likeness (QED) is 0.769. The Bertz CT molecular complexity index is 316. The van der Waals surface area contributed by atoms with Crippen molar-refractivity contribution in [3.05, 3.63) is 18.0 Å². The molecule has 0 bridgehead atoms. The van der Waals surface area contributed by atoms with Gasteiger partial charge in [0.15, 0.2) is 0 Å². The van der Waals surface area contributed by atoms with Gasteiger partial charge in [-0.3, -0.25) is 5.10 Å². The fourth-order valence-electron chi connectivity index (χ4n) is 1.78. The molecule has 1 aromatic heterocycles. The summed E-state index contributed by atoms with van der Waals surface area (Å²) >= 11 is 0. The second-order valence-electron chi connectivity index (χ2n) is 3.90. The Morgan fingerprint density at radius 1 is 1.60 bits per heavy atom. The molecule has 2 heterocycles. The highest BCUT2D eigenvalue weighted by molar-refractivity contribution is 5.74. The van der Waals surface area contributed by atoms with Crippen molar-refractivity contribution in [1.82, 2.24) is 20.4 Å². The fraction of sp³-hybridized carbons (Fsp3) is 0.600. The minimum absolute atomic E-state index is 0.0110. The highest BCUT2D eigenvalue weighted by Crippen LogP contribution is 2.12. The molecule has 5 nitrogen and oxygen atoms in total. The molecule has 1 unspecified atom stereocenters. The van der Waals surface area contributed by atoms with Crippen molar-refractivity contribution in [3.8, 4) is 0 Å². The molecule has 5 heteroatoms. The number of carbonyl (C=O) groups excluding carboxylic acids is 1. The maximum absolute atomic E-state index is 11.7. The van der Waals surface area contributed by atoms with Crippen LogP contribution in [0.3, 0.4) is 0 Å². The molecule has 82 valence electrons. The number of H-pyrrole nitrogens is 1. The van der Waals surface area contributed by atoms with Crippen LogP contribution in [-0.2, 0) is 0 Å². The number of nitrogens with one attached hydrogen (secondary N) is 2. The van der Waals surface area contributed by atoms with Gasteiger partial charge in [0.25, 0.3) is 0 Å². The molecule has 1 aromatic rings. The van der Waals surface area contributed by atoms with E-state index >= 15 is 0 Å². The fourth-order valence-corrected chi connectivity index (χ4v) is 1.78. The van der Waals surface area contributed by atoms with E-state index in [9.17, 15) is 4.79 Å². The molecule has 2 amide bonds. The van der Waals surface area contributed by atoms with E-state index < -0.39 is 0 Å². The van der Waals surface area contributed by atoms with Gasteiger partial charge < -0.3 is 10.2 Å². The van der Waals surface area contributed by atoms with E-state index in [0.29, 0.717) is 0 Å². The molecular formula is C10H16N4O. The molecule has 0 saturated carbocycles. The molecule has 1 aliphatic heterocycles. The summed E-state index contributed by atoms with van der Waals surface area (Å²) in [5.74, 6) is 0. The van der Waals surface area contributed by atoms with Crippen molar-refractivity contribution in [1.29, 1.82) is 0 Å². The maximum Gasteiger partial charge on any atom is 0.317 e. The third kappa shape index (κ3) is 2.29. The van der Waals surface area contributed by atoms with E-state index in [1.54, 1.807) is 12.4 Å². The van der Waals surface area contributed by atoms with Crippen LogP contribution in [0, 0.1) is 0 Å². The number of amides is 2. The zero-order chi connectivity index (χ0) is 10.7. The Balaban J connectivity index is 1.88. The number of hydrogen-bond acceptors (Lipinski definition) is 2. The van der Waals surface area contributed by atoms with Crippen molar-refractivity contribution in [2.24, 2.45) is 0 Å². The van der Waals surface area contributed by atoms with Crippen LogP contribution < -0.4 is 5.32 Å². The predicted molar refractivity (Wildman–Crippen MR) is 56.3 cm³/mol. The normalized spacial score (nSPS) is 17.8. The van der Waals surface area contributed by atoms with Gasteiger partial charge >= 0.3 is 6.03 Å². The van der Waals surface area contributed by atoms with Gasteiger partial charge in [0.1, 0.15) is 0 Å². The number of rotatable bonds is 2. The Morgan fingerprint density at radius 2 is 2.33 bits per heavy atom. The lowest BCUT2D eigenvalue weighted by molar-refractivity contribution is 0.205. The zero-order valence-corrected chi connectivity index (χ0v) is 8.86. The minimum atomic E-state index is 0.0110. The third-order valence-electron chi connectivity index (χ3n) is 2.75. The first-order valence-electron chi connectivity index (χ1n) is 5.31. The Morgan fingerprint density at radius 3 is 2.93 bits per heavy atom. The lowest BCUT2D eigenvalue weighted by Gasteiger charge is -2.19. The van der Waals surface area contributed by atoms with Gasteiger partial charge in [-0.05, 0) is 19.8 Å². The zero-order valence-electron chi connectivity index (χ0n) is 8.86. The molecule has 0 aromatic carbocycles. The number of nitrogens with zero attached hydrogens (tertiary/aromatic N) is 2. The van der Waals surface area contributed by atoms with Crippen molar-refractivity contribution < 1.29 is 4.79 Å². The van der Waals surface area contributed by atoms with Gasteiger partial charge in [-0.1, -0.05) is 0 Å². The van der Waals surface area contributed by atoms with Crippen molar-refractivity contribution in [3.63, 3.8) is 0 Å². The second-order valence-corrected chi connectivity index (χ2v) is 3.90. The number of hydrogen-bond donors (Lipinski definition) is 2. The molecule has 15 heavy (non-hydrogen) atoms. The third-order valence-corrected chi connectivity index (χ3v) is 2.75. The van der Waals surface area contributed by atoms with E-state index in [4.69, 9.17) is 0 Å². The average Bonchev–Trinajstić information content (AvgIpc) is 2.91. The van der Waals surface area contributed by atoms with Crippen LogP contribution in [0.2, 0.25) is 0 Å². The first-order chi connectivity index (χ1) is 7.27. The summed E-state index contributed by atoms with van der Waals surface area (Å²) in [5.41, 5.74) is 1.00. The smallest absolute Gasteiger partial charge is 0.317 e. The van der Waals surface area contributed by atoms with Gasteiger partial charge in [0.2, 0.25) is 0 Å². The number of urea groups is 1. The molecule has 0 radical (unpaired) electrons. The highest BCUT2D eigenvalue weighted by Gasteiger charge is 2.19. The number of aromatic nitrogens is 2. The summed E-state index contributed by atoms with van der Waals surface area (Å²) in [6, 6.07) is 0.0399. The van der Waals surface area contributed by atoms with Crippen LogP contribution >= 0.6 is 0 Å². The standard InChI is InChI=1S/C10H16N4O/c1-8(9-6-11-12-7-9)13-10(15)14-4-2-3-5-14/h6-8H,2-5H2,1H3,(H,11,12)(H,13,15). The highest BCUT2D eigenvalue weighted by atomic mass is 16.2. The second kappa shape index (κ2) is 4.33. The topological polar surface area (TPSA) is 61.0 Å². The van der Waals surface area contributed by atoms with Gasteiger partial charge in [0.05, 0.1) is 12.2 Å². The predicted octanol–water partition coefficient (Wildman–Crippen LogP) is 1.28. The number of carbonyl (C=O) groups is 1. The van der Waals surface area contributed by atoms with Crippen LogP contribution in [0.15, 0.2) is 12.4 Å². The monoisotopic (exact) mass is 208 g/mol. The van der Waals surface area contributed by atoms with Crippen LogP contribution in [0.5, 0.6) is 0 Å². The Labute approximate surface area is 88.8 Å². The summed E-state index contributed by atoms with van der Waals surface area (Å²) in [6.45, 7) is 3.71. The molecule has 1 aliphatic rings. The lowest BCUT2D eigenvalue weighted by Crippen LogP contribution is -2.39. The first kappa shape index (κ1) is 10.0. The molecule has 2 N–H and O–H groups in total. The minimum Gasteiger partial charge on any atom is -0.331 e. The van der Waals surface area contributed by atoms with Crippen LogP contribution in [0.4, 0.5) is 4.79 Å². The summed E-state index contributed by atoms with van der Waals surface area (Å²) in [6.07, 6.45) is 5.77. The summed E-state index contributed by atoms with van der Waals surface area (Å²) in [5, 5.41) is 9.55. The molecule has 1 atom stereocenters. The van der Waals surface area contributed by atoms with Crippen molar-refractivity contribution in [2.75, 3.05) is 13.1 Å². The van der Waals surface area contributed by atoms with Gasteiger partial charge in [-0.25, -0.2) is 4.79 Å². The summed E-state index contributed by atoms with van der Waals surface area (Å²) in [4.78, 5) is 13.6. The molecule has 2 rings (SSSR count). The van der Waals surface area contributed by atoms with E-state index in [2.05, 4.69) is 15.5 Å². The lowest BCUT2D eigenvalue weighted by atomic mass is 10.2. The van der Waals surface area contributed by atoms with Gasteiger partial charge in [-0.15, -0.1) is 0 Å². The van der Waals surface area contributed by atoms with E-state index in [-0.39, 0.29) is 12.1 Å².